The molecule has 0 fully saturated rings. The van der Waals surface area contributed by atoms with Gasteiger partial charge in [0.1, 0.15) is 12.3 Å². The van der Waals surface area contributed by atoms with Crippen LogP contribution in [-0.4, -0.2) is 45.9 Å². The Labute approximate surface area is 223 Å². The number of anilines is 1. The summed E-state index contributed by atoms with van der Waals surface area (Å²) in [5.74, 6) is -0.312. The molecule has 0 aromatic heterocycles. The molecule has 0 saturated carbocycles. The number of hydrogen-bond donors (Lipinski definition) is 2. The lowest BCUT2D eigenvalue weighted by molar-refractivity contribution is -0.123. The first-order valence-corrected chi connectivity index (χ1v) is 13.8. The number of carbonyl (C=O) groups excluding carboxylic acids is 2. The zero-order valence-electron chi connectivity index (χ0n) is 21.8. The first kappa shape index (κ1) is 28.4. The van der Waals surface area contributed by atoms with Gasteiger partial charge in [0.25, 0.3) is 11.8 Å². The standard InChI is InChI=1S/C28H32N4O5S/c1-20-9-8-12-26(21(20)2)32(38(4,35)36)18-27(33)31-29-17-23-13-15-25(16-14-23)37-19-28(34)30-22(3)24-10-6-5-7-11-24/h5-17,22H,18-19H2,1-4H3,(H,30,34)(H,31,33)/b29-17-/t22-/m0/s1. The van der Waals surface area contributed by atoms with E-state index in [0.717, 1.165) is 27.3 Å². The van der Waals surface area contributed by atoms with Crippen LogP contribution in [0.4, 0.5) is 5.69 Å². The molecule has 0 aliphatic rings. The molecule has 3 aromatic rings. The second kappa shape index (κ2) is 12.9. The third-order valence-corrected chi connectivity index (χ3v) is 6.99. The van der Waals surface area contributed by atoms with Gasteiger partial charge in [-0.2, -0.15) is 5.10 Å². The number of amides is 2. The van der Waals surface area contributed by atoms with E-state index in [1.807, 2.05) is 57.2 Å². The molecule has 0 aliphatic carbocycles. The summed E-state index contributed by atoms with van der Waals surface area (Å²) in [6, 6.07) is 21.6. The molecule has 2 N–H and O–H groups in total. The summed E-state index contributed by atoms with van der Waals surface area (Å²) in [6.07, 6.45) is 2.49. The van der Waals surface area contributed by atoms with E-state index in [1.54, 1.807) is 36.4 Å². The highest BCUT2D eigenvalue weighted by Crippen LogP contribution is 2.24. The Morgan fingerprint density at radius 3 is 2.32 bits per heavy atom. The summed E-state index contributed by atoms with van der Waals surface area (Å²) in [4.78, 5) is 24.6. The highest BCUT2D eigenvalue weighted by molar-refractivity contribution is 7.92. The number of nitrogens with zero attached hydrogens (tertiary/aromatic N) is 2. The molecule has 1 atom stereocenters. The van der Waals surface area contributed by atoms with Crippen LogP contribution >= 0.6 is 0 Å². The average molecular weight is 537 g/mol. The Balaban J connectivity index is 1.50. The summed E-state index contributed by atoms with van der Waals surface area (Å²) in [5, 5.41) is 6.81. The minimum absolute atomic E-state index is 0.127. The number of aryl methyl sites for hydroxylation is 1. The summed E-state index contributed by atoms with van der Waals surface area (Å²) < 4.78 is 31.3. The quantitative estimate of drug-likeness (QED) is 0.288. The van der Waals surface area contributed by atoms with E-state index in [-0.39, 0.29) is 18.6 Å². The second-order valence-corrected chi connectivity index (χ2v) is 10.7. The topological polar surface area (TPSA) is 117 Å². The van der Waals surface area contributed by atoms with Crippen molar-refractivity contribution in [1.82, 2.24) is 10.7 Å². The minimum atomic E-state index is -3.69. The number of hydrogen-bond acceptors (Lipinski definition) is 6. The fourth-order valence-corrected chi connectivity index (χ4v) is 4.55. The van der Waals surface area contributed by atoms with E-state index < -0.39 is 22.5 Å². The Kier molecular flexibility index (Phi) is 9.61. The summed E-state index contributed by atoms with van der Waals surface area (Å²) in [5.41, 5.74) is 6.19. The van der Waals surface area contributed by atoms with Gasteiger partial charge in [0.2, 0.25) is 10.0 Å². The molecule has 0 unspecified atom stereocenters. The molecule has 9 nitrogen and oxygen atoms in total. The Morgan fingerprint density at radius 2 is 1.66 bits per heavy atom. The molecule has 10 heteroatoms. The van der Waals surface area contributed by atoms with E-state index in [0.29, 0.717) is 17.0 Å². The SMILES string of the molecule is Cc1cccc(N(CC(=O)N/N=C\c2ccc(OCC(=O)N[C@@H](C)c3ccccc3)cc2)S(C)(=O)=O)c1C. The lowest BCUT2D eigenvalue weighted by atomic mass is 10.1. The molecular weight excluding hydrogens is 504 g/mol. The van der Waals surface area contributed by atoms with Crippen LogP contribution in [0.1, 0.15) is 35.2 Å². The predicted molar refractivity (Wildman–Crippen MR) is 149 cm³/mol. The molecule has 38 heavy (non-hydrogen) atoms. The first-order chi connectivity index (χ1) is 18.0. The predicted octanol–water partition coefficient (Wildman–Crippen LogP) is 3.48. The van der Waals surface area contributed by atoms with Crippen LogP contribution in [0.25, 0.3) is 0 Å². The van der Waals surface area contributed by atoms with Gasteiger partial charge in [0.15, 0.2) is 6.61 Å². The van der Waals surface area contributed by atoms with Gasteiger partial charge in [-0.05, 0) is 73.4 Å². The van der Waals surface area contributed by atoms with E-state index in [2.05, 4.69) is 15.8 Å². The van der Waals surface area contributed by atoms with Crippen molar-refractivity contribution in [2.45, 2.75) is 26.8 Å². The summed E-state index contributed by atoms with van der Waals surface area (Å²) in [7, 11) is -3.69. The number of nitrogens with one attached hydrogen (secondary N) is 2. The van der Waals surface area contributed by atoms with Gasteiger partial charge < -0.3 is 10.1 Å². The molecule has 0 heterocycles. The number of rotatable bonds is 11. The fraction of sp³-hybridized carbons (Fsp3) is 0.250. The maximum Gasteiger partial charge on any atom is 0.260 e. The first-order valence-electron chi connectivity index (χ1n) is 12.0. The third-order valence-electron chi connectivity index (χ3n) is 5.86. The van der Waals surface area contributed by atoms with Crippen molar-refractivity contribution < 1.29 is 22.7 Å². The number of sulfonamides is 1. The van der Waals surface area contributed by atoms with E-state index in [4.69, 9.17) is 4.74 Å². The largest absolute Gasteiger partial charge is 0.484 e. The monoisotopic (exact) mass is 536 g/mol. The van der Waals surface area contributed by atoms with Crippen molar-refractivity contribution in [3.8, 4) is 5.75 Å². The van der Waals surface area contributed by atoms with Crippen molar-refractivity contribution in [2.75, 3.05) is 23.7 Å². The maximum atomic E-state index is 12.4. The fourth-order valence-electron chi connectivity index (χ4n) is 3.64. The van der Waals surface area contributed by atoms with Crippen LogP contribution in [-0.2, 0) is 19.6 Å². The molecule has 3 aromatic carbocycles. The van der Waals surface area contributed by atoms with Gasteiger partial charge in [0, 0.05) is 0 Å². The number of carbonyl (C=O) groups is 2. The van der Waals surface area contributed by atoms with Crippen LogP contribution in [0.2, 0.25) is 0 Å². The second-order valence-electron chi connectivity index (χ2n) is 8.84. The number of ether oxygens (including phenoxy) is 1. The van der Waals surface area contributed by atoms with Crippen molar-refractivity contribution in [1.29, 1.82) is 0 Å². The van der Waals surface area contributed by atoms with Crippen molar-refractivity contribution >= 4 is 33.7 Å². The zero-order valence-corrected chi connectivity index (χ0v) is 22.7. The van der Waals surface area contributed by atoms with Gasteiger partial charge in [-0.25, -0.2) is 13.8 Å². The van der Waals surface area contributed by atoms with Crippen LogP contribution < -0.4 is 19.8 Å². The molecule has 0 radical (unpaired) electrons. The third kappa shape index (κ3) is 8.17. The number of benzene rings is 3. The van der Waals surface area contributed by atoms with Crippen LogP contribution in [0.15, 0.2) is 77.9 Å². The lowest BCUT2D eigenvalue weighted by Gasteiger charge is -2.23. The van der Waals surface area contributed by atoms with Gasteiger partial charge >= 0.3 is 0 Å². The summed E-state index contributed by atoms with van der Waals surface area (Å²) >= 11 is 0. The Hall–Kier alpha value is -4.18. The molecule has 0 bridgehead atoms. The highest BCUT2D eigenvalue weighted by atomic mass is 32.2. The van der Waals surface area contributed by atoms with Gasteiger partial charge in [-0.3, -0.25) is 13.9 Å². The summed E-state index contributed by atoms with van der Waals surface area (Å²) in [6.45, 7) is 5.06. The molecular formula is C28H32N4O5S. The van der Waals surface area contributed by atoms with Gasteiger partial charge in [-0.1, -0.05) is 42.5 Å². The minimum Gasteiger partial charge on any atom is -0.484 e. The molecule has 0 aliphatic heterocycles. The van der Waals surface area contributed by atoms with Gasteiger partial charge in [0.05, 0.1) is 24.2 Å². The van der Waals surface area contributed by atoms with Crippen LogP contribution in [0.5, 0.6) is 5.75 Å². The zero-order chi connectivity index (χ0) is 27.7. The van der Waals surface area contributed by atoms with Gasteiger partial charge in [-0.15, -0.1) is 0 Å². The molecule has 200 valence electrons. The average Bonchev–Trinajstić information content (AvgIpc) is 2.88. The molecule has 2 amide bonds. The van der Waals surface area contributed by atoms with Crippen molar-refractivity contribution in [3.05, 3.63) is 95.1 Å². The molecule has 3 rings (SSSR count). The molecule has 0 spiro atoms. The maximum absolute atomic E-state index is 12.4. The normalized spacial score (nSPS) is 12.1. The smallest absolute Gasteiger partial charge is 0.260 e. The van der Waals surface area contributed by atoms with E-state index in [1.165, 1.54) is 6.21 Å². The van der Waals surface area contributed by atoms with Crippen LogP contribution in [0, 0.1) is 13.8 Å². The van der Waals surface area contributed by atoms with Crippen molar-refractivity contribution in [3.63, 3.8) is 0 Å². The van der Waals surface area contributed by atoms with E-state index >= 15 is 0 Å². The van der Waals surface area contributed by atoms with Crippen LogP contribution in [0.3, 0.4) is 0 Å². The highest BCUT2D eigenvalue weighted by Gasteiger charge is 2.22. The lowest BCUT2D eigenvalue weighted by Crippen LogP contribution is -2.39. The molecule has 0 saturated heterocycles. The van der Waals surface area contributed by atoms with Crippen molar-refractivity contribution in [2.24, 2.45) is 5.10 Å². The number of hydrazone groups is 1. The Bertz CT molecular complexity index is 1390. The Morgan fingerprint density at radius 1 is 0.974 bits per heavy atom. The van der Waals surface area contributed by atoms with E-state index in [9.17, 15) is 18.0 Å².